The molecule has 0 saturated carbocycles. The maximum Gasteiger partial charge on any atom is 0.254 e. The van der Waals surface area contributed by atoms with Crippen LogP contribution in [0, 0.1) is 11.6 Å². The molecular formula is C16H15BrF2N2O2. The van der Waals surface area contributed by atoms with Crippen molar-refractivity contribution in [3.63, 3.8) is 0 Å². The van der Waals surface area contributed by atoms with Crippen LogP contribution in [0.1, 0.15) is 29.8 Å². The van der Waals surface area contributed by atoms with E-state index in [2.05, 4.69) is 26.2 Å². The number of amides is 1. The van der Waals surface area contributed by atoms with Crippen LogP contribution in [0.5, 0.6) is 5.88 Å². The van der Waals surface area contributed by atoms with Crippen LogP contribution < -0.4 is 10.1 Å². The molecule has 0 atom stereocenters. The van der Waals surface area contributed by atoms with E-state index < -0.39 is 17.5 Å². The van der Waals surface area contributed by atoms with Crippen LogP contribution in [-0.2, 0) is 6.54 Å². The SMILES string of the molecule is CC(C)Oc1ncc(CNC(=O)c2cc(Br)ccc2F)cc1F. The molecule has 0 fully saturated rings. The molecule has 0 aliphatic heterocycles. The van der Waals surface area contributed by atoms with Crippen LogP contribution in [0.15, 0.2) is 34.9 Å². The van der Waals surface area contributed by atoms with Crippen LogP contribution in [0.25, 0.3) is 0 Å². The van der Waals surface area contributed by atoms with Gasteiger partial charge < -0.3 is 10.1 Å². The number of rotatable bonds is 5. The molecule has 0 radical (unpaired) electrons. The molecule has 23 heavy (non-hydrogen) atoms. The number of hydrogen-bond donors (Lipinski definition) is 1. The molecule has 122 valence electrons. The minimum absolute atomic E-state index is 0.0245. The molecule has 0 unspecified atom stereocenters. The molecule has 0 aliphatic carbocycles. The molecule has 0 bridgehead atoms. The molecule has 0 spiro atoms. The number of nitrogens with one attached hydrogen (secondary N) is 1. The van der Waals surface area contributed by atoms with E-state index in [0.29, 0.717) is 10.0 Å². The van der Waals surface area contributed by atoms with Gasteiger partial charge in [0.15, 0.2) is 5.82 Å². The fourth-order valence-electron chi connectivity index (χ4n) is 1.82. The predicted molar refractivity (Wildman–Crippen MR) is 85.2 cm³/mol. The maximum absolute atomic E-state index is 13.8. The van der Waals surface area contributed by atoms with E-state index in [0.717, 1.165) is 0 Å². The van der Waals surface area contributed by atoms with Crippen molar-refractivity contribution in [2.75, 3.05) is 0 Å². The van der Waals surface area contributed by atoms with Gasteiger partial charge in [-0.1, -0.05) is 15.9 Å². The molecule has 0 aliphatic rings. The lowest BCUT2D eigenvalue weighted by Gasteiger charge is -2.11. The first kappa shape index (κ1) is 17.3. The highest BCUT2D eigenvalue weighted by Gasteiger charge is 2.13. The number of nitrogens with zero attached hydrogens (tertiary/aromatic N) is 1. The monoisotopic (exact) mass is 384 g/mol. The summed E-state index contributed by atoms with van der Waals surface area (Å²) in [5.41, 5.74) is 0.356. The van der Waals surface area contributed by atoms with Gasteiger partial charge in [-0.2, -0.15) is 0 Å². The summed E-state index contributed by atoms with van der Waals surface area (Å²) in [5.74, 6) is -1.92. The number of halogens is 3. The van der Waals surface area contributed by atoms with Crippen molar-refractivity contribution >= 4 is 21.8 Å². The Kier molecular flexibility index (Phi) is 5.65. The molecule has 1 N–H and O–H groups in total. The zero-order valence-electron chi connectivity index (χ0n) is 12.6. The second-order valence-electron chi connectivity index (χ2n) is 5.10. The van der Waals surface area contributed by atoms with Crippen molar-refractivity contribution < 1.29 is 18.3 Å². The molecule has 1 aromatic heterocycles. The fourth-order valence-corrected chi connectivity index (χ4v) is 2.18. The summed E-state index contributed by atoms with van der Waals surface area (Å²) < 4.78 is 33.2. The number of carbonyl (C=O) groups is 1. The average molecular weight is 385 g/mol. The summed E-state index contributed by atoms with van der Waals surface area (Å²) in [5, 5.41) is 2.52. The van der Waals surface area contributed by atoms with Crippen molar-refractivity contribution in [1.82, 2.24) is 10.3 Å². The predicted octanol–water partition coefficient (Wildman–Crippen LogP) is 3.84. The molecule has 1 aromatic carbocycles. The highest BCUT2D eigenvalue weighted by molar-refractivity contribution is 9.10. The Morgan fingerprint density at radius 3 is 2.70 bits per heavy atom. The number of aromatic nitrogens is 1. The molecule has 2 aromatic rings. The average Bonchev–Trinajstić information content (AvgIpc) is 2.49. The van der Waals surface area contributed by atoms with E-state index in [1.807, 2.05) is 0 Å². The number of ether oxygens (including phenoxy) is 1. The number of hydrogen-bond acceptors (Lipinski definition) is 3. The van der Waals surface area contributed by atoms with Crippen LogP contribution in [-0.4, -0.2) is 17.0 Å². The van der Waals surface area contributed by atoms with E-state index in [1.54, 1.807) is 13.8 Å². The van der Waals surface area contributed by atoms with Crippen LogP contribution in [0.4, 0.5) is 8.78 Å². The molecule has 7 heteroatoms. The third-order valence-corrected chi connectivity index (χ3v) is 3.33. The summed E-state index contributed by atoms with van der Waals surface area (Å²) in [6.45, 7) is 3.56. The third kappa shape index (κ3) is 4.72. The molecular weight excluding hydrogens is 370 g/mol. The van der Waals surface area contributed by atoms with E-state index >= 15 is 0 Å². The summed E-state index contributed by atoms with van der Waals surface area (Å²) in [6, 6.07) is 5.29. The van der Waals surface area contributed by atoms with E-state index in [9.17, 15) is 13.6 Å². The van der Waals surface area contributed by atoms with Gasteiger partial charge in [-0.05, 0) is 43.7 Å². The summed E-state index contributed by atoms with van der Waals surface area (Å²) in [4.78, 5) is 15.8. The smallest absolute Gasteiger partial charge is 0.254 e. The third-order valence-electron chi connectivity index (χ3n) is 2.84. The van der Waals surface area contributed by atoms with Gasteiger partial charge in [0.25, 0.3) is 11.8 Å². The number of carbonyl (C=O) groups excluding carboxylic acids is 1. The molecule has 1 heterocycles. The minimum Gasteiger partial charge on any atom is -0.473 e. The standard InChI is InChI=1S/C16H15BrF2N2O2/c1-9(2)23-16-14(19)5-10(8-21-16)7-20-15(22)12-6-11(17)3-4-13(12)18/h3-6,8-9H,7H2,1-2H3,(H,20,22). The Labute approximate surface area is 141 Å². The van der Waals surface area contributed by atoms with Crippen molar-refractivity contribution in [3.8, 4) is 5.88 Å². The Hall–Kier alpha value is -2.02. The lowest BCUT2D eigenvalue weighted by Crippen LogP contribution is -2.24. The van der Waals surface area contributed by atoms with Gasteiger partial charge in [0.05, 0.1) is 11.7 Å². The van der Waals surface area contributed by atoms with Crippen molar-refractivity contribution in [1.29, 1.82) is 0 Å². The topological polar surface area (TPSA) is 51.2 Å². The normalized spacial score (nSPS) is 10.7. The van der Waals surface area contributed by atoms with Crippen LogP contribution in [0.3, 0.4) is 0 Å². The summed E-state index contributed by atoms with van der Waals surface area (Å²) in [7, 11) is 0. The number of pyridine rings is 1. The zero-order chi connectivity index (χ0) is 17.0. The summed E-state index contributed by atoms with van der Waals surface area (Å²) >= 11 is 3.18. The minimum atomic E-state index is -0.629. The molecule has 0 saturated heterocycles. The highest BCUT2D eigenvalue weighted by atomic mass is 79.9. The van der Waals surface area contributed by atoms with Crippen LogP contribution >= 0.6 is 15.9 Å². The van der Waals surface area contributed by atoms with Crippen molar-refractivity contribution in [2.24, 2.45) is 0 Å². The van der Waals surface area contributed by atoms with E-state index in [4.69, 9.17) is 4.74 Å². The van der Waals surface area contributed by atoms with Gasteiger partial charge in [-0.25, -0.2) is 13.8 Å². The Balaban J connectivity index is 2.04. The van der Waals surface area contributed by atoms with Gasteiger partial charge in [-0.3, -0.25) is 4.79 Å². The van der Waals surface area contributed by atoms with Crippen LogP contribution in [0.2, 0.25) is 0 Å². The lowest BCUT2D eigenvalue weighted by atomic mass is 10.2. The van der Waals surface area contributed by atoms with E-state index in [1.165, 1.54) is 30.5 Å². The second kappa shape index (κ2) is 7.50. The first-order chi connectivity index (χ1) is 10.9. The van der Waals surface area contributed by atoms with Gasteiger partial charge in [0.1, 0.15) is 5.82 Å². The highest BCUT2D eigenvalue weighted by Crippen LogP contribution is 2.17. The van der Waals surface area contributed by atoms with Gasteiger partial charge in [0.2, 0.25) is 0 Å². The first-order valence-electron chi connectivity index (χ1n) is 6.91. The van der Waals surface area contributed by atoms with E-state index in [-0.39, 0.29) is 24.1 Å². The Bertz CT molecular complexity index is 723. The first-order valence-corrected chi connectivity index (χ1v) is 7.70. The fraction of sp³-hybridized carbons (Fsp3) is 0.250. The van der Waals surface area contributed by atoms with Crippen molar-refractivity contribution in [2.45, 2.75) is 26.5 Å². The number of benzene rings is 1. The second-order valence-corrected chi connectivity index (χ2v) is 6.02. The Morgan fingerprint density at radius 1 is 1.30 bits per heavy atom. The van der Waals surface area contributed by atoms with Gasteiger partial charge >= 0.3 is 0 Å². The molecule has 1 amide bonds. The maximum atomic E-state index is 13.8. The van der Waals surface area contributed by atoms with Gasteiger partial charge in [-0.15, -0.1) is 0 Å². The quantitative estimate of drug-likeness (QED) is 0.851. The largest absolute Gasteiger partial charge is 0.473 e. The van der Waals surface area contributed by atoms with Gasteiger partial charge in [0, 0.05) is 17.2 Å². The Morgan fingerprint density at radius 2 is 2.04 bits per heavy atom. The zero-order valence-corrected chi connectivity index (χ0v) is 14.2. The van der Waals surface area contributed by atoms with Crippen molar-refractivity contribution in [3.05, 3.63) is 57.7 Å². The summed E-state index contributed by atoms with van der Waals surface area (Å²) in [6.07, 6.45) is 1.21. The molecule has 4 nitrogen and oxygen atoms in total. The lowest BCUT2D eigenvalue weighted by molar-refractivity contribution is 0.0946. The molecule has 2 rings (SSSR count).